The first-order valence-electron chi connectivity index (χ1n) is 20.9. The molecule has 0 radical (unpaired) electrons. The van der Waals surface area contributed by atoms with E-state index in [1.807, 2.05) is 0 Å². The van der Waals surface area contributed by atoms with Gasteiger partial charge in [0, 0.05) is 93.8 Å². The monoisotopic (exact) mass is 814 g/mol. The summed E-state index contributed by atoms with van der Waals surface area (Å²) in [6, 6.07) is 0. The molecule has 0 aromatic heterocycles. The van der Waals surface area contributed by atoms with Crippen molar-refractivity contribution < 1.29 is 61.6 Å². The summed E-state index contributed by atoms with van der Waals surface area (Å²) >= 11 is 0. The lowest BCUT2D eigenvalue weighted by Crippen LogP contribution is -2.38. The third-order valence-corrected chi connectivity index (χ3v) is 8.77. The number of unbranched alkanes of at least 4 members (excludes halogenated alkanes) is 8. The van der Waals surface area contributed by atoms with Crippen LogP contribution in [0, 0.1) is 0 Å². The average Bonchev–Trinajstić information content (AvgIpc) is 3.22. The molecule has 0 unspecified atom stereocenters. The van der Waals surface area contributed by atoms with Crippen molar-refractivity contribution in [2.45, 2.75) is 71.1 Å². The lowest BCUT2D eigenvalue weighted by Gasteiger charge is -2.26. The predicted octanol–water partition coefficient (Wildman–Crippen LogP) is 3.89. The van der Waals surface area contributed by atoms with Crippen LogP contribution in [0.2, 0.25) is 0 Å². The minimum atomic E-state index is -0.0313. The zero-order valence-electron chi connectivity index (χ0n) is 36.2. The van der Waals surface area contributed by atoms with Gasteiger partial charge in [0.2, 0.25) is 0 Å². The van der Waals surface area contributed by atoms with Crippen molar-refractivity contribution in [3.8, 4) is 0 Å². The maximum atomic E-state index is 11.6. The number of nitrogens with zero attached hydrogens (tertiary/aromatic N) is 3. The Labute approximate surface area is 340 Å². The van der Waals surface area contributed by atoms with E-state index in [1.54, 1.807) is 28.4 Å². The fourth-order valence-electron chi connectivity index (χ4n) is 5.45. The second kappa shape index (κ2) is 46.6. The summed E-state index contributed by atoms with van der Waals surface area (Å²) in [4.78, 5) is 18.4. The Balaban J connectivity index is 0.000000825. The topological polar surface area (TPSA) is 138 Å². The molecule has 2 aliphatic rings. The Hall–Kier alpha value is -1.09. The molecule has 0 aromatic rings. The van der Waals surface area contributed by atoms with E-state index in [1.165, 1.54) is 44.9 Å². The van der Waals surface area contributed by atoms with Crippen molar-refractivity contribution in [1.29, 1.82) is 0 Å². The Morgan fingerprint density at radius 2 is 0.929 bits per heavy atom. The summed E-state index contributed by atoms with van der Waals surface area (Å²) in [6.07, 6.45) is 12.1. The largest absolute Gasteiger partial charge is 0.464 e. The highest BCUT2D eigenvalue weighted by atomic mass is 16.7. The van der Waals surface area contributed by atoms with E-state index in [0.717, 1.165) is 98.2 Å². The standard InChI is InChI=1S/C18H35NO3.C12H27NO6.C10H21NO4/c1-2-3-4-5-6-7-8-9-10-11-18(20)22-17-14-19-12-15-21-16-13-19;1-14-10-17-7-4-13(5-8-18-11-15-2)6-9-19-12-16-3;1-12-8-9-15-10-14-7-4-11-2-5-13-6-3-11/h2-17H2,1H3;4-12H2,1-3H3;2-10H2,1H3. The van der Waals surface area contributed by atoms with Gasteiger partial charge in [0.05, 0.1) is 66.1 Å². The van der Waals surface area contributed by atoms with Crippen LogP contribution in [-0.4, -0.2) is 208 Å². The van der Waals surface area contributed by atoms with Gasteiger partial charge in [-0.25, -0.2) is 0 Å². The SMILES string of the molecule is CCCCCCCCCCCC(=O)OCCN1CCOCC1.COCCOCOCCN1CCOCC1.COCOCCN(CCOCOC)CCOCOC. The minimum Gasteiger partial charge on any atom is -0.464 e. The van der Waals surface area contributed by atoms with Crippen LogP contribution in [-0.2, 0) is 61.6 Å². The van der Waals surface area contributed by atoms with E-state index in [4.69, 9.17) is 56.8 Å². The van der Waals surface area contributed by atoms with E-state index in [-0.39, 0.29) is 5.97 Å². The molecule has 0 amide bonds. The molecule has 16 heteroatoms. The van der Waals surface area contributed by atoms with Crippen LogP contribution in [0.4, 0.5) is 0 Å². The number of ether oxygens (including phenoxy) is 12. The Morgan fingerprint density at radius 3 is 1.39 bits per heavy atom. The molecule has 0 aliphatic carbocycles. The fourth-order valence-corrected chi connectivity index (χ4v) is 5.45. The molecular formula is C40H83N3O13. The molecule has 0 saturated carbocycles. The highest BCUT2D eigenvalue weighted by Crippen LogP contribution is 2.11. The summed E-state index contributed by atoms with van der Waals surface area (Å²) in [6.45, 7) is 19.2. The number of esters is 1. The molecule has 2 saturated heterocycles. The first kappa shape index (κ1) is 54.9. The van der Waals surface area contributed by atoms with Gasteiger partial charge < -0.3 is 56.8 Å². The van der Waals surface area contributed by atoms with Crippen LogP contribution in [0.5, 0.6) is 0 Å². The molecule has 336 valence electrons. The number of hydrogen-bond acceptors (Lipinski definition) is 16. The molecule has 0 bridgehead atoms. The van der Waals surface area contributed by atoms with Gasteiger partial charge in [0.25, 0.3) is 0 Å². The fraction of sp³-hybridized carbons (Fsp3) is 0.975. The van der Waals surface area contributed by atoms with Crippen molar-refractivity contribution >= 4 is 5.97 Å². The van der Waals surface area contributed by atoms with Gasteiger partial charge in [0.15, 0.2) is 0 Å². The highest BCUT2D eigenvalue weighted by molar-refractivity contribution is 5.69. The van der Waals surface area contributed by atoms with Crippen LogP contribution in [0.1, 0.15) is 71.1 Å². The molecule has 0 spiro atoms. The van der Waals surface area contributed by atoms with Crippen molar-refractivity contribution in [3.63, 3.8) is 0 Å². The number of carbonyl (C=O) groups is 1. The van der Waals surface area contributed by atoms with Crippen molar-refractivity contribution in [2.24, 2.45) is 0 Å². The van der Waals surface area contributed by atoms with Crippen molar-refractivity contribution in [1.82, 2.24) is 14.7 Å². The maximum Gasteiger partial charge on any atom is 0.305 e. The van der Waals surface area contributed by atoms with Crippen LogP contribution in [0.3, 0.4) is 0 Å². The van der Waals surface area contributed by atoms with Gasteiger partial charge in [0.1, 0.15) is 33.8 Å². The van der Waals surface area contributed by atoms with Gasteiger partial charge in [-0.1, -0.05) is 58.3 Å². The van der Waals surface area contributed by atoms with Gasteiger partial charge in [-0.15, -0.1) is 0 Å². The summed E-state index contributed by atoms with van der Waals surface area (Å²) in [5.74, 6) is -0.0313. The molecular weight excluding hydrogens is 730 g/mol. The lowest BCUT2D eigenvalue weighted by atomic mass is 10.1. The summed E-state index contributed by atoms with van der Waals surface area (Å²) in [5.41, 5.74) is 0. The van der Waals surface area contributed by atoms with Gasteiger partial charge in [-0.2, -0.15) is 0 Å². The zero-order chi connectivity index (χ0) is 40.8. The lowest BCUT2D eigenvalue weighted by molar-refractivity contribution is -0.144. The molecule has 56 heavy (non-hydrogen) atoms. The van der Waals surface area contributed by atoms with E-state index in [9.17, 15) is 4.79 Å². The number of methoxy groups -OCH3 is 4. The Bertz CT molecular complexity index is 738. The molecule has 0 N–H and O–H groups in total. The Morgan fingerprint density at radius 1 is 0.500 bits per heavy atom. The molecule has 2 aliphatic heterocycles. The normalized spacial score (nSPS) is 15.0. The predicted molar refractivity (Wildman–Crippen MR) is 216 cm³/mol. The Kier molecular flexibility index (Phi) is 45.7. The van der Waals surface area contributed by atoms with E-state index >= 15 is 0 Å². The average molecular weight is 814 g/mol. The molecule has 2 rings (SSSR count). The first-order chi connectivity index (χ1) is 27.6. The molecule has 0 aromatic carbocycles. The summed E-state index contributed by atoms with van der Waals surface area (Å²) in [7, 11) is 6.47. The second-order valence-corrected chi connectivity index (χ2v) is 13.4. The summed E-state index contributed by atoms with van der Waals surface area (Å²) in [5, 5.41) is 0. The number of carbonyl (C=O) groups excluding carboxylic acids is 1. The van der Waals surface area contributed by atoms with Gasteiger partial charge >= 0.3 is 5.97 Å². The zero-order valence-corrected chi connectivity index (χ0v) is 36.2. The van der Waals surface area contributed by atoms with E-state index < -0.39 is 0 Å². The number of hydrogen-bond donors (Lipinski definition) is 0. The minimum absolute atomic E-state index is 0.0313. The van der Waals surface area contributed by atoms with Gasteiger partial charge in [-0.3, -0.25) is 19.5 Å². The van der Waals surface area contributed by atoms with Crippen LogP contribution >= 0.6 is 0 Å². The molecule has 16 nitrogen and oxygen atoms in total. The van der Waals surface area contributed by atoms with Crippen molar-refractivity contribution in [2.75, 3.05) is 187 Å². The smallest absolute Gasteiger partial charge is 0.305 e. The summed E-state index contributed by atoms with van der Waals surface area (Å²) < 4.78 is 61.5. The van der Waals surface area contributed by atoms with Crippen LogP contribution in [0.25, 0.3) is 0 Å². The molecule has 2 heterocycles. The number of morpholine rings is 2. The third kappa shape index (κ3) is 41.1. The van der Waals surface area contributed by atoms with Crippen LogP contribution in [0.15, 0.2) is 0 Å². The van der Waals surface area contributed by atoms with Gasteiger partial charge in [-0.05, 0) is 6.42 Å². The first-order valence-corrected chi connectivity index (χ1v) is 20.9. The highest BCUT2D eigenvalue weighted by Gasteiger charge is 2.11. The third-order valence-electron chi connectivity index (χ3n) is 8.77. The van der Waals surface area contributed by atoms with Crippen molar-refractivity contribution in [3.05, 3.63) is 0 Å². The van der Waals surface area contributed by atoms with Crippen LogP contribution < -0.4 is 0 Å². The van der Waals surface area contributed by atoms with E-state index in [2.05, 4.69) is 21.6 Å². The molecule has 0 atom stereocenters. The second-order valence-electron chi connectivity index (χ2n) is 13.4. The number of rotatable bonds is 36. The maximum absolute atomic E-state index is 11.6. The molecule has 2 fully saturated rings. The quantitative estimate of drug-likeness (QED) is 0.0514. The van der Waals surface area contributed by atoms with E-state index in [0.29, 0.717) is 79.8 Å².